The minimum atomic E-state index is 0.136. The fourth-order valence-electron chi connectivity index (χ4n) is 3.50. The Morgan fingerprint density at radius 1 is 0.862 bits per heavy atom. The summed E-state index contributed by atoms with van der Waals surface area (Å²) >= 11 is 0. The van der Waals surface area contributed by atoms with E-state index in [1.165, 1.54) is 5.56 Å². The van der Waals surface area contributed by atoms with Crippen LogP contribution < -0.4 is 4.74 Å². The molecule has 0 radical (unpaired) electrons. The molecule has 1 aliphatic rings. The largest absolute Gasteiger partial charge is 0.494 e. The molecule has 0 spiro atoms. The first-order chi connectivity index (χ1) is 14.1. The van der Waals surface area contributed by atoms with Crippen molar-refractivity contribution in [2.75, 3.05) is 32.8 Å². The molecule has 0 unspecified atom stereocenters. The molecule has 0 saturated carbocycles. The predicted molar refractivity (Wildman–Crippen MR) is 114 cm³/mol. The highest BCUT2D eigenvalue weighted by Gasteiger charge is 2.21. The van der Waals surface area contributed by atoms with Gasteiger partial charge in [-0.25, -0.2) is 0 Å². The van der Waals surface area contributed by atoms with E-state index in [4.69, 9.17) is 4.74 Å². The second-order valence-corrected chi connectivity index (χ2v) is 7.54. The molecule has 1 fully saturated rings. The van der Waals surface area contributed by atoms with Gasteiger partial charge in [0.25, 0.3) is 0 Å². The summed E-state index contributed by atoms with van der Waals surface area (Å²) in [5.41, 5.74) is 2.23. The van der Waals surface area contributed by atoms with Crippen LogP contribution in [-0.2, 0) is 16.0 Å². The molecule has 2 aromatic carbocycles. The van der Waals surface area contributed by atoms with Crippen LogP contribution in [0.25, 0.3) is 0 Å². The maximum Gasteiger partial charge on any atom is 0.227 e. The predicted octanol–water partition coefficient (Wildman–Crippen LogP) is 3.46. The highest BCUT2D eigenvalue weighted by atomic mass is 16.5. The number of rotatable bonds is 7. The Balaban J connectivity index is 1.38. The lowest BCUT2D eigenvalue weighted by Gasteiger charge is -2.22. The molecule has 0 aliphatic carbocycles. The molecule has 2 amide bonds. The minimum Gasteiger partial charge on any atom is -0.494 e. The lowest BCUT2D eigenvalue weighted by atomic mass is 10.1. The Labute approximate surface area is 173 Å². The van der Waals surface area contributed by atoms with Gasteiger partial charge in [0.1, 0.15) is 5.75 Å². The Hall–Kier alpha value is -2.82. The summed E-state index contributed by atoms with van der Waals surface area (Å²) < 4.78 is 5.70. The van der Waals surface area contributed by atoms with E-state index in [0.717, 1.165) is 17.7 Å². The van der Waals surface area contributed by atoms with E-state index in [9.17, 15) is 9.59 Å². The molecule has 1 saturated heterocycles. The van der Waals surface area contributed by atoms with Crippen molar-refractivity contribution in [2.45, 2.75) is 32.6 Å². The molecular weight excluding hydrogens is 364 g/mol. The normalized spacial score (nSPS) is 14.4. The van der Waals surface area contributed by atoms with Crippen molar-refractivity contribution in [3.63, 3.8) is 0 Å². The SMILES string of the molecule is Cc1ccc(OCCCC(=O)N2CCCN(C(=O)Cc3ccccc3)CC2)cc1. The smallest absolute Gasteiger partial charge is 0.227 e. The van der Waals surface area contributed by atoms with Crippen LogP contribution in [0.4, 0.5) is 0 Å². The summed E-state index contributed by atoms with van der Waals surface area (Å²) in [6.45, 7) is 5.22. The first-order valence-electron chi connectivity index (χ1n) is 10.4. The van der Waals surface area contributed by atoms with E-state index >= 15 is 0 Å². The molecule has 2 aromatic rings. The van der Waals surface area contributed by atoms with Gasteiger partial charge in [-0.15, -0.1) is 0 Å². The molecule has 0 atom stereocenters. The van der Waals surface area contributed by atoms with E-state index in [2.05, 4.69) is 0 Å². The van der Waals surface area contributed by atoms with Crippen LogP contribution >= 0.6 is 0 Å². The van der Waals surface area contributed by atoms with Crippen molar-refractivity contribution in [3.05, 3.63) is 65.7 Å². The maximum atomic E-state index is 12.6. The van der Waals surface area contributed by atoms with Gasteiger partial charge < -0.3 is 14.5 Å². The molecule has 1 heterocycles. The second kappa shape index (κ2) is 10.6. The van der Waals surface area contributed by atoms with Gasteiger partial charge in [0.2, 0.25) is 11.8 Å². The average molecular weight is 395 g/mol. The van der Waals surface area contributed by atoms with E-state index in [0.29, 0.717) is 52.0 Å². The Kier molecular flexibility index (Phi) is 7.68. The van der Waals surface area contributed by atoms with Crippen LogP contribution in [0, 0.1) is 6.92 Å². The molecule has 5 nitrogen and oxygen atoms in total. The van der Waals surface area contributed by atoms with Gasteiger partial charge >= 0.3 is 0 Å². The number of ether oxygens (including phenoxy) is 1. The van der Waals surface area contributed by atoms with Crippen LogP contribution in [0.2, 0.25) is 0 Å². The van der Waals surface area contributed by atoms with Crippen LogP contribution in [0.1, 0.15) is 30.4 Å². The summed E-state index contributed by atoms with van der Waals surface area (Å²) in [5, 5.41) is 0. The van der Waals surface area contributed by atoms with Crippen molar-refractivity contribution in [1.82, 2.24) is 9.80 Å². The summed E-state index contributed by atoms with van der Waals surface area (Å²) in [4.78, 5) is 28.9. The first-order valence-corrected chi connectivity index (χ1v) is 10.4. The van der Waals surface area contributed by atoms with Crippen molar-refractivity contribution in [1.29, 1.82) is 0 Å². The van der Waals surface area contributed by atoms with Crippen molar-refractivity contribution < 1.29 is 14.3 Å². The zero-order valence-electron chi connectivity index (χ0n) is 17.2. The third-order valence-corrected chi connectivity index (χ3v) is 5.22. The van der Waals surface area contributed by atoms with Gasteiger partial charge in [0.05, 0.1) is 13.0 Å². The molecule has 0 bridgehead atoms. The fourth-order valence-corrected chi connectivity index (χ4v) is 3.50. The highest BCUT2D eigenvalue weighted by molar-refractivity contribution is 5.79. The molecule has 0 aromatic heterocycles. The zero-order chi connectivity index (χ0) is 20.5. The summed E-state index contributed by atoms with van der Waals surface area (Å²) in [6, 6.07) is 17.7. The van der Waals surface area contributed by atoms with Crippen molar-refractivity contribution >= 4 is 11.8 Å². The minimum absolute atomic E-state index is 0.136. The molecule has 3 rings (SSSR count). The lowest BCUT2D eigenvalue weighted by molar-refractivity contribution is -0.133. The monoisotopic (exact) mass is 394 g/mol. The van der Waals surface area contributed by atoms with Gasteiger partial charge in [0.15, 0.2) is 0 Å². The Morgan fingerprint density at radius 3 is 2.21 bits per heavy atom. The van der Waals surface area contributed by atoms with Crippen LogP contribution in [-0.4, -0.2) is 54.4 Å². The average Bonchev–Trinajstić information content (AvgIpc) is 2.99. The zero-order valence-corrected chi connectivity index (χ0v) is 17.2. The van der Waals surface area contributed by atoms with E-state index < -0.39 is 0 Å². The number of carbonyl (C=O) groups excluding carboxylic acids is 2. The highest BCUT2D eigenvalue weighted by Crippen LogP contribution is 2.13. The fraction of sp³-hybridized carbons (Fsp3) is 0.417. The number of amides is 2. The van der Waals surface area contributed by atoms with Crippen LogP contribution in [0.3, 0.4) is 0 Å². The molecule has 0 N–H and O–H groups in total. The van der Waals surface area contributed by atoms with Crippen LogP contribution in [0.5, 0.6) is 5.75 Å². The Bertz CT molecular complexity index is 790. The molecule has 5 heteroatoms. The van der Waals surface area contributed by atoms with Gasteiger partial charge in [-0.2, -0.15) is 0 Å². The van der Waals surface area contributed by atoms with E-state index in [-0.39, 0.29) is 11.8 Å². The molecular formula is C24H30N2O3. The number of aryl methyl sites for hydroxylation is 1. The topological polar surface area (TPSA) is 49.9 Å². The van der Waals surface area contributed by atoms with Crippen molar-refractivity contribution in [3.8, 4) is 5.75 Å². The summed E-state index contributed by atoms with van der Waals surface area (Å²) in [7, 11) is 0. The van der Waals surface area contributed by atoms with Crippen LogP contribution in [0.15, 0.2) is 54.6 Å². The quantitative estimate of drug-likeness (QED) is 0.676. The third kappa shape index (κ3) is 6.63. The number of hydrogen-bond acceptors (Lipinski definition) is 3. The third-order valence-electron chi connectivity index (χ3n) is 5.22. The summed E-state index contributed by atoms with van der Waals surface area (Å²) in [6.07, 6.45) is 2.42. The van der Waals surface area contributed by atoms with Crippen molar-refractivity contribution in [2.24, 2.45) is 0 Å². The molecule has 1 aliphatic heterocycles. The first kappa shape index (κ1) is 20.9. The van der Waals surface area contributed by atoms with E-state index in [1.807, 2.05) is 71.3 Å². The van der Waals surface area contributed by atoms with Gasteiger partial charge in [-0.1, -0.05) is 48.0 Å². The standard InChI is InChI=1S/C24H30N2O3/c1-20-10-12-22(13-11-20)29-18-5-9-23(27)25-14-6-15-26(17-16-25)24(28)19-21-7-3-2-4-8-21/h2-4,7-8,10-13H,5-6,9,14-19H2,1H3. The molecule has 154 valence electrons. The van der Waals surface area contributed by atoms with Gasteiger partial charge in [0, 0.05) is 32.6 Å². The number of nitrogens with zero attached hydrogens (tertiary/aromatic N) is 2. The summed E-state index contributed by atoms with van der Waals surface area (Å²) in [5.74, 6) is 1.12. The van der Waals surface area contributed by atoms with E-state index in [1.54, 1.807) is 0 Å². The van der Waals surface area contributed by atoms with Gasteiger partial charge in [-0.05, 0) is 37.5 Å². The Morgan fingerprint density at radius 2 is 1.52 bits per heavy atom. The number of carbonyl (C=O) groups is 2. The molecule has 29 heavy (non-hydrogen) atoms. The number of benzene rings is 2. The lowest BCUT2D eigenvalue weighted by Crippen LogP contribution is -2.38. The second-order valence-electron chi connectivity index (χ2n) is 7.54. The number of hydrogen-bond donors (Lipinski definition) is 0. The van der Waals surface area contributed by atoms with Gasteiger partial charge in [-0.3, -0.25) is 9.59 Å². The maximum absolute atomic E-state index is 12.6.